The summed E-state index contributed by atoms with van der Waals surface area (Å²) in [5, 5.41) is 4.88. The minimum atomic E-state index is -0.952. The van der Waals surface area contributed by atoms with Crippen molar-refractivity contribution in [1.82, 2.24) is 10.6 Å². The average Bonchev–Trinajstić information content (AvgIpc) is 2.41. The summed E-state index contributed by atoms with van der Waals surface area (Å²) < 4.78 is 18.7. The number of nitrogens with one attached hydrogen (secondary N) is 2. The molecule has 0 saturated heterocycles. The number of esters is 1. The molecule has 0 aliphatic heterocycles. The lowest BCUT2D eigenvalue weighted by atomic mass is 10.2. The molecule has 22 heavy (non-hydrogen) atoms. The molecule has 8 heteroatoms. The van der Waals surface area contributed by atoms with Gasteiger partial charge in [-0.15, -0.1) is 0 Å². The highest BCUT2D eigenvalue weighted by atomic mass is 79.9. The van der Waals surface area contributed by atoms with Gasteiger partial charge < -0.3 is 15.4 Å². The molecule has 0 aromatic heterocycles. The number of ether oxygens (including phenoxy) is 1. The smallest absolute Gasteiger partial charge is 0.341 e. The summed E-state index contributed by atoms with van der Waals surface area (Å²) in [5.41, 5.74) is -0.270. The second-order valence-electron chi connectivity index (χ2n) is 4.70. The van der Waals surface area contributed by atoms with Crippen molar-refractivity contribution in [3.63, 3.8) is 0 Å². The number of carbonyl (C=O) groups excluding carboxylic acids is 3. The Labute approximate surface area is 135 Å². The largest absolute Gasteiger partial charge is 0.452 e. The standard InChI is InChI=1S/C14H16BrFN2O4/c1-8(2)18-12(19)6-17-13(20)7-22-14(21)10-4-3-9(15)5-11(10)16/h3-5,8H,6-7H2,1-2H3,(H,17,20)(H,18,19). The lowest BCUT2D eigenvalue weighted by molar-refractivity contribution is -0.128. The lowest BCUT2D eigenvalue weighted by Crippen LogP contribution is -2.41. The lowest BCUT2D eigenvalue weighted by Gasteiger charge is -2.09. The monoisotopic (exact) mass is 374 g/mol. The molecule has 0 saturated carbocycles. The third-order valence-corrected chi connectivity index (χ3v) is 2.87. The molecule has 0 aliphatic carbocycles. The van der Waals surface area contributed by atoms with Crippen LogP contribution in [0.15, 0.2) is 22.7 Å². The van der Waals surface area contributed by atoms with Crippen molar-refractivity contribution >= 4 is 33.7 Å². The van der Waals surface area contributed by atoms with Gasteiger partial charge in [-0.2, -0.15) is 0 Å². The topological polar surface area (TPSA) is 84.5 Å². The first-order valence-electron chi connectivity index (χ1n) is 6.48. The summed E-state index contributed by atoms with van der Waals surface area (Å²) in [5.74, 6) is -2.71. The van der Waals surface area contributed by atoms with E-state index in [1.165, 1.54) is 12.1 Å². The van der Waals surface area contributed by atoms with Gasteiger partial charge in [-0.3, -0.25) is 9.59 Å². The Hall–Kier alpha value is -1.96. The zero-order valence-electron chi connectivity index (χ0n) is 12.1. The number of halogens is 2. The first-order chi connectivity index (χ1) is 10.3. The van der Waals surface area contributed by atoms with Crippen molar-refractivity contribution < 1.29 is 23.5 Å². The van der Waals surface area contributed by atoms with Gasteiger partial charge in [0.1, 0.15) is 5.82 Å². The van der Waals surface area contributed by atoms with Crippen molar-refractivity contribution in [1.29, 1.82) is 0 Å². The van der Waals surface area contributed by atoms with Crippen molar-refractivity contribution in [2.75, 3.05) is 13.2 Å². The molecule has 0 fully saturated rings. The summed E-state index contributed by atoms with van der Waals surface area (Å²) in [6, 6.07) is 3.81. The molecule has 0 atom stereocenters. The minimum Gasteiger partial charge on any atom is -0.452 e. The molecule has 2 amide bonds. The number of hydrogen-bond donors (Lipinski definition) is 2. The van der Waals surface area contributed by atoms with Crippen molar-refractivity contribution in [2.45, 2.75) is 19.9 Å². The van der Waals surface area contributed by atoms with Gasteiger partial charge in [0.2, 0.25) is 5.91 Å². The predicted molar refractivity (Wildman–Crippen MR) is 80.7 cm³/mol. The van der Waals surface area contributed by atoms with Crippen molar-refractivity contribution in [2.24, 2.45) is 0 Å². The molecule has 0 aliphatic rings. The number of carbonyl (C=O) groups is 3. The van der Waals surface area contributed by atoms with Gasteiger partial charge in [-0.05, 0) is 32.0 Å². The van der Waals surface area contributed by atoms with Gasteiger partial charge in [-0.25, -0.2) is 9.18 Å². The van der Waals surface area contributed by atoms with E-state index in [0.717, 1.165) is 6.07 Å². The molecule has 1 aromatic carbocycles. The molecule has 6 nitrogen and oxygen atoms in total. The Kier molecular flexibility index (Phi) is 6.97. The fourth-order valence-electron chi connectivity index (χ4n) is 1.47. The molecule has 1 aromatic rings. The fraction of sp³-hybridized carbons (Fsp3) is 0.357. The maximum Gasteiger partial charge on any atom is 0.341 e. The van der Waals surface area contributed by atoms with E-state index < -0.39 is 24.3 Å². The third kappa shape index (κ3) is 6.21. The van der Waals surface area contributed by atoms with Crippen LogP contribution in [-0.4, -0.2) is 37.0 Å². The van der Waals surface area contributed by atoms with Crippen LogP contribution in [0.3, 0.4) is 0 Å². The molecular weight excluding hydrogens is 359 g/mol. The average molecular weight is 375 g/mol. The van der Waals surface area contributed by atoms with Gasteiger partial charge in [0.25, 0.3) is 5.91 Å². The zero-order valence-corrected chi connectivity index (χ0v) is 13.7. The molecule has 0 bridgehead atoms. The van der Waals surface area contributed by atoms with E-state index in [9.17, 15) is 18.8 Å². The Bertz CT molecular complexity index is 578. The van der Waals surface area contributed by atoms with Crippen LogP contribution in [0.5, 0.6) is 0 Å². The Morgan fingerprint density at radius 3 is 2.55 bits per heavy atom. The predicted octanol–water partition coefficient (Wildman–Crippen LogP) is 1.39. The molecule has 0 radical (unpaired) electrons. The van der Waals surface area contributed by atoms with Crippen LogP contribution in [0.4, 0.5) is 4.39 Å². The number of hydrogen-bond acceptors (Lipinski definition) is 4. The summed E-state index contributed by atoms with van der Waals surface area (Å²) >= 11 is 3.06. The van der Waals surface area contributed by atoms with E-state index >= 15 is 0 Å². The third-order valence-electron chi connectivity index (χ3n) is 2.38. The van der Waals surface area contributed by atoms with Crippen molar-refractivity contribution in [3.8, 4) is 0 Å². The maximum atomic E-state index is 13.5. The van der Waals surface area contributed by atoms with Crippen LogP contribution in [0.2, 0.25) is 0 Å². The van der Waals surface area contributed by atoms with Crippen LogP contribution in [0, 0.1) is 5.82 Å². The van der Waals surface area contributed by atoms with Crippen LogP contribution in [0.25, 0.3) is 0 Å². The number of benzene rings is 1. The second kappa shape index (κ2) is 8.47. The highest BCUT2D eigenvalue weighted by Gasteiger charge is 2.15. The minimum absolute atomic E-state index is 0.0393. The van der Waals surface area contributed by atoms with Crippen LogP contribution in [0.1, 0.15) is 24.2 Å². The Morgan fingerprint density at radius 2 is 1.95 bits per heavy atom. The molecule has 2 N–H and O–H groups in total. The van der Waals surface area contributed by atoms with Crippen molar-refractivity contribution in [3.05, 3.63) is 34.1 Å². The SMILES string of the molecule is CC(C)NC(=O)CNC(=O)COC(=O)c1ccc(Br)cc1F. The number of amides is 2. The zero-order chi connectivity index (χ0) is 16.7. The summed E-state index contributed by atoms with van der Waals surface area (Å²) in [6.45, 7) is 2.76. The first kappa shape index (κ1) is 18.1. The summed E-state index contributed by atoms with van der Waals surface area (Å²) in [7, 11) is 0. The fourth-order valence-corrected chi connectivity index (χ4v) is 1.80. The van der Waals surface area contributed by atoms with Crippen LogP contribution in [-0.2, 0) is 14.3 Å². The molecule has 0 heterocycles. The maximum absolute atomic E-state index is 13.5. The van der Waals surface area contributed by atoms with Crippen LogP contribution >= 0.6 is 15.9 Å². The van der Waals surface area contributed by atoms with E-state index in [-0.39, 0.29) is 24.1 Å². The van der Waals surface area contributed by atoms with Gasteiger partial charge in [0, 0.05) is 10.5 Å². The van der Waals surface area contributed by atoms with E-state index in [0.29, 0.717) is 4.47 Å². The highest BCUT2D eigenvalue weighted by molar-refractivity contribution is 9.10. The van der Waals surface area contributed by atoms with Gasteiger partial charge in [0.05, 0.1) is 12.1 Å². The molecular formula is C14H16BrFN2O4. The molecule has 0 spiro atoms. The Balaban J connectivity index is 2.40. The normalized spacial score (nSPS) is 10.2. The van der Waals surface area contributed by atoms with Gasteiger partial charge in [-0.1, -0.05) is 15.9 Å². The highest BCUT2D eigenvalue weighted by Crippen LogP contribution is 2.15. The second-order valence-corrected chi connectivity index (χ2v) is 5.61. The quantitative estimate of drug-likeness (QED) is 0.736. The van der Waals surface area contributed by atoms with E-state index in [1.54, 1.807) is 13.8 Å². The summed E-state index contributed by atoms with van der Waals surface area (Å²) in [6.07, 6.45) is 0. The molecule has 1 rings (SSSR count). The summed E-state index contributed by atoms with van der Waals surface area (Å²) in [4.78, 5) is 34.4. The van der Waals surface area contributed by atoms with E-state index in [1.807, 2.05) is 0 Å². The molecule has 0 unspecified atom stereocenters. The number of rotatable bonds is 6. The Morgan fingerprint density at radius 1 is 1.27 bits per heavy atom. The van der Waals surface area contributed by atoms with E-state index in [2.05, 4.69) is 31.3 Å². The van der Waals surface area contributed by atoms with Crippen LogP contribution < -0.4 is 10.6 Å². The van der Waals surface area contributed by atoms with Gasteiger partial charge in [0.15, 0.2) is 6.61 Å². The van der Waals surface area contributed by atoms with Gasteiger partial charge >= 0.3 is 5.97 Å². The first-order valence-corrected chi connectivity index (χ1v) is 7.27. The van der Waals surface area contributed by atoms with E-state index in [4.69, 9.17) is 0 Å². The molecule has 120 valence electrons.